The quantitative estimate of drug-likeness (QED) is 0.784. The van der Waals surface area contributed by atoms with E-state index in [1.54, 1.807) is 19.2 Å². The van der Waals surface area contributed by atoms with E-state index < -0.39 is 5.97 Å². The molecule has 7 nitrogen and oxygen atoms in total. The summed E-state index contributed by atoms with van der Waals surface area (Å²) < 4.78 is 7.11. The summed E-state index contributed by atoms with van der Waals surface area (Å²) in [4.78, 5) is 27.2. The number of hydrogen-bond donors (Lipinski definition) is 0. The average Bonchev–Trinajstić information content (AvgIpc) is 3.19. The van der Waals surface area contributed by atoms with Gasteiger partial charge in [0.1, 0.15) is 0 Å². The second kappa shape index (κ2) is 6.76. The summed E-state index contributed by atoms with van der Waals surface area (Å²) in [6.07, 6.45) is 7.71. The van der Waals surface area contributed by atoms with Gasteiger partial charge in [0.15, 0.2) is 5.69 Å². The van der Waals surface area contributed by atoms with Crippen LogP contribution in [0.5, 0.6) is 0 Å². The molecule has 0 aliphatic carbocycles. The number of nitrogens with zero attached hydrogens (tertiary/aromatic N) is 5. The van der Waals surface area contributed by atoms with Gasteiger partial charge in [0.25, 0.3) is 0 Å². The molecule has 0 radical (unpaired) electrons. The van der Waals surface area contributed by atoms with Gasteiger partial charge in [-0.25, -0.2) is 19.7 Å². The lowest BCUT2D eigenvalue weighted by Crippen LogP contribution is -2.34. The molecule has 2 aromatic rings. The molecule has 1 unspecified atom stereocenters. The van der Waals surface area contributed by atoms with Crippen molar-refractivity contribution in [1.29, 1.82) is 0 Å². The fourth-order valence-corrected chi connectivity index (χ4v) is 2.92. The van der Waals surface area contributed by atoms with Gasteiger partial charge in [-0.05, 0) is 32.8 Å². The van der Waals surface area contributed by atoms with Crippen molar-refractivity contribution in [2.24, 2.45) is 0 Å². The summed E-state index contributed by atoms with van der Waals surface area (Å²) in [6, 6.07) is 1.98. The van der Waals surface area contributed by atoms with E-state index in [1.807, 2.05) is 19.4 Å². The Morgan fingerprint density at radius 2 is 2.30 bits per heavy atom. The predicted octanol–water partition coefficient (Wildman–Crippen LogP) is 1.83. The molecule has 0 amide bonds. The maximum absolute atomic E-state index is 12.0. The van der Waals surface area contributed by atoms with Crippen LogP contribution in [0, 0.1) is 6.92 Å². The van der Waals surface area contributed by atoms with Crippen molar-refractivity contribution in [3.05, 3.63) is 36.2 Å². The number of aromatic nitrogens is 4. The Morgan fingerprint density at radius 3 is 3.04 bits per heavy atom. The van der Waals surface area contributed by atoms with Crippen molar-refractivity contribution in [1.82, 2.24) is 19.5 Å². The number of carbonyl (C=O) groups excluding carboxylic acids is 1. The third-order valence-electron chi connectivity index (χ3n) is 3.94. The number of ether oxygens (including phenoxy) is 1. The van der Waals surface area contributed by atoms with Gasteiger partial charge in [0.05, 0.1) is 12.9 Å². The van der Waals surface area contributed by atoms with Crippen LogP contribution < -0.4 is 4.90 Å². The van der Waals surface area contributed by atoms with Crippen LogP contribution in [0.1, 0.15) is 35.9 Å². The number of anilines is 1. The first kappa shape index (κ1) is 15.5. The van der Waals surface area contributed by atoms with Crippen LogP contribution in [0.15, 0.2) is 24.8 Å². The van der Waals surface area contributed by atoms with E-state index in [-0.39, 0.29) is 0 Å². The van der Waals surface area contributed by atoms with Crippen molar-refractivity contribution < 1.29 is 9.53 Å². The number of aryl methyl sites for hydroxylation is 1. The van der Waals surface area contributed by atoms with E-state index in [4.69, 9.17) is 4.74 Å². The predicted molar refractivity (Wildman–Crippen MR) is 85.3 cm³/mol. The standard InChI is InChI=1S/C16H21N5O2/c1-3-23-15(22)14-9-12(2)18-16(19-14)21-7-4-5-13(21)10-20-8-6-17-11-20/h6,8-9,11,13H,3-5,7,10H2,1-2H3. The highest BCUT2D eigenvalue weighted by molar-refractivity contribution is 5.87. The number of hydrogen-bond acceptors (Lipinski definition) is 6. The van der Waals surface area contributed by atoms with Gasteiger partial charge < -0.3 is 14.2 Å². The van der Waals surface area contributed by atoms with E-state index in [9.17, 15) is 4.79 Å². The molecule has 0 spiro atoms. The van der Waals surface area contributed by atoms with Gasteiger partial charge in [-0.2, -0.15) is 0 Å². The Morgan fingerprint density at radius 1 is 1.43 bits per heavy atom. The summed E-state index contributed by atoms with van der Waals surface area (Å²) in [7, 11) is 0. The molecule has 0 aromatic carbocycles. The third kappa shape index (κ3) is 3.49. The van der Waals surface area contributed by atoms with Crippen LogP contribution in [0.3, 0.4) is 0 Å². The first-order valence-electron chi connectivity index (χ1n) is 7.92. The summed E-state index contributed by atoms with van der Waals surface area (Å²) in [5, 5.41) is 0. The third-order valence-corrected chi connectivity index (χ3v) is 3.94. The minimum Gasteiger partial charge on any atom is -0.461 e. The van der Waals surface area contributed by atoms with Crippen LogP contribution >= 0.6 is 0 Å². The molecule has 7 heteroatoms. The van der Waals surface area contributed by atoms with Gasteiger partial charge in [-0.1, -0.05) is 0 Å². The highest BCUT2D eigenvalue weighted by Gasteiger charge is 2.28. The molecule has 23 heavy (non-hydrogen) atoms. The molecular formula is C16H21N5O2. The lowest BCUT2D eigenvalue weighted by molar-refractivity contribution is 0.0519. The second-order valence-electron chi connectivity index (χ2n) is 5.66. The van der Waals surface area contributed by atoms with E-state index in [1.165, 1.54) is 0 Å². The van der Waals surface area contributed by atoms with Crippen molar-refractivity contribution >= 4 is 11.9 Å². The fraction of sp³-hybridized carbons (Fsp3) is 0.500. The van der Waals surface area contributed by atoms with E-state index in [0.717, 1.165) is 31.6 Å². The number of carbonyl (C=O) groups is 1. The molecule has 0 N–H and O–H groups in total. The zero-order valence-corrected chi connectivity index (χ0v) is 13.5. The largest absolute Gasteiger partial charge is 0.461 e. The summed E-state index contributed by atoms with van der Waals surface area (Å²) >= 11 is 0. The normalized spacial score (nSPS) is 17.5. The van der Waals surface area contributed by atoms with Crippen molar-refractivity contribution in [3.8, 4) is 0 Å². The number of imidazole rings is 1. The van der Waals surface area contributed by atoms with Gasteiger partial charge >= 0.3 is 5.97 Å². The number of rotatable bonds is 5. The Hall–Kier alpha value is -2.44. The first-order valence-corrected chi connectivity index (χ1v) is 7.92. The monoisotopic (exact) mass is 315 g/mol. The van der Waals surface area contributed by atoms with Crippen LogP contribution in [0.2, 0.25) is 0 Å². The van der Waals surface area contributed by atoms with Gasteiger partial charge in [0, 0.05) is 37.2 Å². The Kier molecular flexibility index (Phi) is 4.55. The van der Waals surface area contributed by atoms with Crippen LogP contribution in [-0.2, 0) is 11.3 Å². The minimum atomic E-state index is -0.399. The van der Waals surface area contributed by atoms with Gasteiger partial charge in [-0.15, -0.1) is 0 Å². The Labute approximate surface area is 135 Å². The zero-order valence-electron chi connectivity index (χ0n) is 13.5. The molecule has 1 fully saturated rings. The van der Waals surface area contributed by atoms with Crippen LogP contribution in [0.25, 0.3) is 0 Å². The summed E-state index contributed by atoms with van der Waals surface area (Å²) in [6.45, 7) is 5.73. The molecule has 3 rings (SSSR count). The molecule has 2 aromatic heterocycles. The second-order valence-corrected chi connectivity index (χ2v) is 5.66. The lowest BCUT2D eigenvalue weighted by atomic mass is 10.2. The average molecular weight is 315 g/mol. The SMILES string of the molecule is CCOC(=O)c1cc(C)nc(N2CCCC2Cn2ccnc2)n1. The highest BCUT2D eigenvalue weighted by atomic mass is 16.5. The maximum atomic E-state index is 12.0. The summed E-state index contributed by atoms with van der Waals surface area (Å²) in [5.41, 5.74) is 1.09. The van der Waals surface area contributed by atoms with E-state index >= 15 is 0 Å². The van der Waals surface area contributed by atoms with E-state index in [0.29, 0.717) is 24.3 Å². The van der Waals surface area contributed by atoms with Crippen molar-refractivity contribution in [3.63, 3.8) is 0 Å². The van der Waals surface area contributed by atoms with Gasteiger partial charge in [-0.3, -0.25) is 0 Å². The first-order chi connectivity index (χ1) is 11.2. The lowest BCUT2D eigenvalue weighted by Gasteiger charge is -2.25. The Balaban J connectivity index is 1.83. The van der Waals surface area contributed by atoms with Gasteiger partial charge in [0.2, 0.25) is 5.95 Å². The van der Waals surface area contributed by atoms with E-state index in [2.05, 4.69) is 24.4 Å². The molecule has 0 saturated carbocycles. The van der Waals surface area contributed by atoms with Crippen LogP contribution in [-0.4, -0.2) is 44.7 Å². The molecule has 0 bridgehead atoms. The molecule has 1 saturated heterocycles. The Bertz CT molecular complexity index is 671. The minimum absolute atomic E-state index is 0.307. The van der Waals surface area contributed by atoms with Crippen LogP contribution in [0.4, 0.5) is 5.95 Å². The maximum Gasteiger partial charge on any atom is 0.357 e. The molecule has 122 valence electrons. The fourth-order valence-electron chi connectivity index (χ4n) is 2.92. The smallest absolute Gasteiger partial charge is 0.357 e. The van der Waals surface area contributed by atoms with Crippen molar-refractivity contribution in [2.45, 2.75) is 39.3 Å². The topological polar surface area (TPSA) is 73.1 Å². The highest BCUT2D eigenvalue weighted by Crippen LogP contribution is 2.24. The number of esters is 1. The molecule has 1 aliphatic heterocycles. The molecule has 1 atom stereocenters. The summed E-state index contributed by atoms with van der Waals surface area (Å²) in [5.74, 6) is 0.209. The zero-order chi connectivity index (χ0) is 16.2. The molecule has 1 aliphatic rings. The van der Waals surface area contributed by atoms with Crippen molar-refractivity contribution in [2.75, 3.05) is 18.1 Å². The molecule has 3 heterocycles. The molecular weight excluding hydrogens is 294 g/mol.